The molecule has 0 radical (unpaired) electrons. The van der Waals surface area contributed by atoms with Crippen LogP contribution >= 0.6 is 11.6 Å². The molecule has 0 spiro atoms. The summed E-state index contributed by atoms with van der Waals surface area (Å²) in [5, 5.41) is 14.7. The van der Waals surface area contributed by atoms with E-state index in [1.54, 1.807) is 12.1 Å². The van der Waals surface area contributed by atoms with Gasteiger partial charge in [0.2, 0.25) is 10.0 Å². The summed E-state index contributed by atoms with van der Waals surface area (Å²) in [6.45, 7) is 2.77. The van der Waals surface area contributed by atoms with Gasteiger partial charge >= 0.3 is 0 Å². The molecule has 0 saturated carbocycles. The molecule has 1 unspecified atom stereocenters. The fourth-order valence-corrected chi connectivity index (χ4v) is 5.07. The maximum atomic E-state index is 13.2. The van der Waals surface area contributed by atoms with Gasteiger partial charge < -0.3 is 5.32 Å². The highest BCUT2D eigenvalue weighted by Gasteiger charge is 2.35. The number of nitro benzene ring substituents is 1. The number of hydrogen-bond donors (Lipinski definition) is 1. The Labute approximate surface area is 156 Å². The molecule has 26 heavy (non-hydrogen) atoms. The third-order valence-electron chi connectivity index (χ3n) is 4.43. The lowest BCUT2D eigenvalue weighted by atomic mass is 10.1. The lowest BCUT2D eigenvalue weighted by Crippen LogP contribution is -2.48. The predicted molar refractivity (Wildman–Crippen MR) is 98.8 cm³/mol. The normalized spacial score (nSPS) is 18.6. The van der Waals surface area contributed by atoms with Crippen molar-refractivity contribution in [2.75, 3.05) is 19.6 Å². The molecule has 1 N–H and O–H groups in total. The Morgan fingerprint density at radius 3 is 2.65 bits per heavy atom. The van der Waals surface area contributed by atoms with Crippen LogP contribution in [0.5, 0.6) is 0 Å². The molecule has 0 bridgehead atoms. The van der Waals surface area contributed by atoms with E-state index in [9.17, 15) is 18.5 Å². The first-order valence-electron chi connectivity index (χ1n) is 8.04. The fraction of sp³-hybridized carbons (Fsp3) is 0.294. The summed E-state index contributed by atoms with van der Waals surface area (Å²) in [5.41, 5.74) is 0.927. The van der Waals surface area contributed by atoms with Crippen molar-refractivity contribution >= 4 is 27.3 Å². The topological polar surface area (TPSA) is 92.6 Å². The highest BCUT2D eigenvalue weighted by Crippen LogP contribution is 2.33. The molecule has 0 amide bonds. The van der Waals surface area contributed by atoms with Crippen LogP contribution in [-0.2, 0) is 10.0 Å². The fourth-order valence-electron chi connectivity index (χ4n) is 3.11. The van der Waals surface area contributed by atoms with Crippen molar-refractivity contribution in [1.29, 1.82) is 0 Å². The molecule has 3 rings (SSSR count). The second-order valence-corrected chi connectivity index (χ2v) is 8.36. The molecule has 2 aromatic carbocycles. The Morgan fingerprint density at radius 1 is 1.27 bits per heavy atom. The number of nitrogens with one attached hydrogen (secondary N) is 1. The van der Waals surface area contributed by atoms with Crippen molar-refractivity contribution in [2.45, 2.75) is 17.9 Å². The third kappa shape index (κ3) is 3.45. The second-order valence-electron chi connectivity index (χ2n) is 6.06. The van der Waals surface area contributed by atoms with Crippen LogP contribution in [0, 0.1) is 17.0 Å². The maximum Gasteiger partial charge on any atom is 0.272 e. The van der Waals surface area contributed by atoms with E-state index in [0.29, 0.717) is 23.7 Å². The van der Waals surface area contributed by atoms with Crippen molar-refractivity contribution in [3.8, 4) is 0 Å². The Bertz CT molecular complexity index is 949. The molecule has 0 aromatic heterocycles. The van der Waals surface area contributed by atoms with E-state index in [1.165, 1.54) is 29.4 Å². The van der Waals surface area contributed by atoms with Gasteiger partial charge in [0.05, 0.1) is 15.9 Å². The molecule has 1 aliphatic heterocycles. The standard InChI is InChI=1S/C17H18ClN3O4S/c1-12-10-13(6-7-16(12)21(22)23)26(24,25)20-9-8-19-11-17(20)14-4-2-3-5-15(14)18/h2-7,10,17,19H,8-9,11H2,1H3. The van der Waals surface area contributed by atoms with E-state index in [1.807, 2.05) is 12.1 Å². The smallest absolute Gasteiger partial charge is 0.272 e. The van der Waals surface area contributed by atoms with Gasteiger partial charge in [-0.3, -0.25) is 10.1 Å². The zero-order valence-corrected chi connectivity index (χ0v) is 15.6. The molecule has 7 nitrogen and oxygen atoms in total. The second kappa shape index (κ2) is 7.32. The number of sulfonamides is 1. The van der Waals surface area contributed by atoms with Gasteiger partial charge in [-0.15, -0.1) is 0 Å². The van der Waals surface area contributed by atoms with Gasteiger partial charge in [-0.25, -0.2) is 8.42 Å². The largest absolute Gasteiger partial charge is 0.313 e. The molecular weight excluding hydrogens is 378 g/mol. The number of nitro groups is 1. The van der Waals surface area contributed by atoms with Crippen molar-refractivity contribution in [3.63, 3.8) is 0 Å². The average molecular weight is 396 g/mol. The van der Waals surface area contributed by atoms with Crippen LogP contribution < -0.4 is 5.32 Å². The van der Waals surface area contributed by atoms with Gasteiger partial charge in [0.25, 0.3) is 5.69 Å². The summed E-state index contributed by atoms with van der Waals surface area (Å²) in [7, 11) is -3.83. The van der Waals surface area contributed by atoms with Gasteiger partial charge in [-0.1, -0.05) is 29.8 Å². The first kappa shape index (κ1) is 18.8. The number of rotatable bonds is 4. The van der Waals surface area contributed by atoms with E-state index in [0.717, 1.165) is 5.56 Å². The zero-order chi connectivity index (χ0) is 18.9. The molecular formula is C17H18ClN3O4S. The Kier molecular flexibility index (Phi) is 5.29. The number of halogens is 1. The lowest BCUT2D eigenvalue weighted by molar-refractivity contribution is -0.385. The zero-order valence-electron chi connectivity index (χ0n) is 14.1. The maximum absolute atomic E-state index is 13.2. The van der Waals surface area contributed by atoms with E-state index < -0.39 is 21.0 Å². The van der Waals surface area contributed by atoms with Crippen molar-refractivity contribution < 1.29 is 13.3 Å². The Hall–Kier alpha value is -2.00. The number of nitrogens with zero attached hydrogens (tertiary/aromatic N) is 2. The van der Waals surface area contributed by atoms with Crippen molar-refractivity contribution in [3.05, 3.63) is 68.7 Å². The Morgan fingerprint density at radius 2 is 2.00 bits per heavy atom. The third-order valence-corrected chi connectivity index (χ3v) is 6.68. The summed E-state index contributed by atoms with van der Waals surface area (Å²) in [4.78, 5) is 10.5. The molecule has 2 aromatic rings. The number of piperazine rings is 1. The number of hydrogen-bond acceptors (Lipinski definition) is 5. The SMILES string of the molecule is Cc1cc(S(=O)(=O)N2CCNCC2c2ccccc2Cl)ccc1[N+](=O)[O-]. The minimum Gasteiger partial charge on any atom is -0.313 e. The van der Waals surface area contributed by atoms with Gasteiger partial charge in [0, 0.05) is 36.3 Å². The summed E-state index contributed by atoms with van der Waals surface area (Å²) in [5.74, 6) is 0. The van der Waals surface area contributed by atoms with E-state index in [4.69, 9.17) is 11.6 Å². The molecule has 1 heterocycles. The summed E-state index contributed by atoms with van der Waals surface area (Å²) in [6, 6.07) is 10.6. The van der Waals surface area contributed by atoms with E-state index in [-0.39, 0.29) is 17.1 Å². The van der Waals surface area contributed by atoms with Gasteiger partial charge in [0.15, 0.2) is 0 Å². The summed E-state index contributed by atoms with van der Waals surface area (Å²) >= 11 is 6.28. The van der Waals surface area contributed by atoms with E-state index in [2.05, 4.69) is 5.32 Å². The van der Waals surface area contributed by atoms with Crippen LogP contribution in [0.15, 0.2) is 47.4 Å². The quantitative estimate of drug-likeness (QED) is 0.634. The van der Waals surface area contributed by atoms with E-state index >= 15 is 0 Å². The van der Waals surface area contributed by atoms with Crippen LogP contribution in [0.3, 0.4) is 0 Å². The van der Waals surface area contributed by atoms with Gasteiger partial charge in [0.1, 0.15) is 0 Å². The van der Waals surface area contributed by atoms with Crippen LogP contribution in [0.1, 0.15) is 17.2 Å². The van der Waals surface area contributed by atoms with Crippen LogP contribution in [0.4, 0.5) is 5.69 Å². The predicted octanol–water partition coefficient (Wildman–Crippen LogP) is 2.89. The molecule has 1 atom stereocenters. The summed E-state index contributed by atoms with van der Waals surface area (Å²) < 4.78 is 27.8. The van der Waals surface area contributed by atoms with Crippen molar-refractivity contribution in [2.24, 2.45) is 0 Å². The number of aryl methyl sites for hydroxylation is 1. The van der Waals surface area contributed by atoms with Gasteiger partial charge in [-0.05, 0) is 30.7 Å². The minimum atomic E-state index is -3.83. The molecule has 138 valence electrons. The highest BCUT2D eigenvalue weighted by atomic mass is 35.5. The highest BCUT2D eigenvalue weighted by molar-refractivity contribution is 7.89. The molecule has 0 aliphatic carbocycles. The van der Waals surface area contributed by atoms with Crippen molar-refractivity contribution in [1.82, 2.24) is 9.62 Å². The molecule has 1 fully saturated rings. The van der Waals surface area contributed by atoms with Crippen LogP contribution in [0.25, 0.3) is 0 Å². The molecule has 1 saturated heterocycles. The minimum absolute atomic E-state index is 0.0413. The van der Waals surface area contributed by atoms with Gasteiger partial charge in [-0.2, -0.15) is 4.31 Å². The van der Waals surface area contributed by atoms with Crippen LogP contribution in [0.2, 0.25) is 5.02 Å². The van der Waals surface area contributed by atoms with Crippen LogP contribution in [-0.4, -0.2) is 37.3 Å². The lowest BCUT2D eigenvalue weighted by Gasteiger charge is -2.35. The average Bonchev–Trinajstić information content (AvgIpc) is 2.61. The monoisotopic (exact) mass is 395 g/mol. The first-order chi connectivity index (χ1) is 12.3. The first-order valence-corrected chi connectivity index (χ1v) is 9.86. The molecule has 9 heteroatoms. The molecule has 1 aliphatic rings. The number of benzene rings is 2. The Balaban J connectivity index is 2.03. The summed E-state index contributed by atoms with van der Waals surface area (Å²) in [6.07, 6.45) is 0.